The average molecular weight is 540 g/mol. The van der Waals surface area contributed by atoms with E-state index in [1.165, 1.54) is 17.8 Å². The number of aromatic nitrogens is 2. The number of carbonyl (C=O) groups excluding carboxylic acids is 1. The second-order valence-electron chi connectivity index (χ2n) is 8.19. The summed E-state index contributed by atoms with van der Waals surface area (Å²) < 4.78 is 0. The highest BCUT2D eigenvalue weighted by Gasteiger charge is 2.33. The zero-order valence-corrected chi connectivity index (χ0v) is 21.6. The van der Waals surface area contributed by atoms with Crippen molar-refractivity contribution in [1.82, 2.24) is 14.9 Å². The van der Waals surface area contributed by atoms with E-state index in [4.69, 9.17) is 4.99 Å². The van der Waals surface area contributed by atoms with Crippen LogP contribution in [0.2, 0.25) is 0 Å². The molecule has 0 saturated carbocycles. The normalized spacial score (nSPS) is 15.4. The summed E-state index contributed by atoms with van der Waals surface area (Å²) in [5, 5.41) is 12.8. The second-order valence-corrected chi connectivity index (χ2v) is 10.2. The van der Waals surface area contributed by atoms with Gasteiger partial charge in [0.2, 0.25) is 0 Å². The number of nitro benzene ring substituents is 1. The molecule has 0 bridgehead atoms. The number of amidine groups is 1. The van der Waals surface area contributed by atoms with Crippen LogP contribution >= 0.6 is 23.5 Å². The van der Waals surface area contributed by atoms with Crippen LogP contribution in [0.4, 0.5) is 5.69 Å². The highest BCUT2D eigenvalue weighted by atomic mass is 32.2. The topological polar surface area (TPSA) is 102 Å². The van der Waals surface area contributed by atoms with Crippen molar-refractivity contribution in [1.29, 1.82) is 0 Å². The standard InChI is InChI=1S/C28H21N5O3S2/c34-26-25(17-22-12-13-24(23(16-22)33(35)36)37-27-29-14-7-15-30-27)38-28(31-18-20-8-3-1-4-9-20)32(26)19-21-10-5-2-6-11-21/h1-17H,18-19H2/b25-17+,31-28?. The second kappa shape index (κ2) is 11.8. The highest BCUT2D eigenvalue weighted by Crippen LogP contribution is 2.37. The van der Waals surface area contributed by atoms with E-state index in [-0.39, 0.29) is 11.6 Å². The van der Waals surface area contributed by atoms with Crippen molar-refractivity contribution in [3.63, 3.8) is 0 Å². The maximum Gasteiger partial charge on any atom is 0.283 e. The van der Waals surface area contributed by atoms with Crippen LogP contribution in [0.15, 0.2) is 117 Å². The molecule has 0 N–H and O–H groups in total. The van der Waals surface area contributed by atoms with E-state index < -0.39 is 4.92 Å². The molecule has 5 rings (SSSR count). The minimum Gasteiger partial charge on any atom is -0.282 e. The van der Waals surface area contributed by atoms with E-state index in [0.717, 1.165) is 22.9 Å². The van der Waals surface area contributed by atoms with Crippen molar-refractivity contribution >= 4 is 46.4 Å². The van der Waals surface area contributed by atoms with Gasteiger partial charge < -0.3 is 0 Å². The van der Waals surface area contributed by atoms with Crippen LogP contribution in [0.1, 0.15) is 16.7 Å². The van der Waals surface area contributed by atoms with Gasteiger partial charge in [0, 0.05) is 18.5 Å². The summed E-state index contributed by atoms with van der Waals surface area (Å²) in [6.07, 6.45) is 4.85. The average Bonchev–Trinajstić information content (AvgIpc) is 3.23. The third kappa shape index (κ3) is 6.16. The molecule has 0 spiro atoms. The quantitative estimate of drug-likeness (QED) is 0.114. The first-order chi connectivity index (χ1) is 18.6. The summed E-state index contributed by atoms with van der Waals surface area (Å²) in [4.78, 5) is 40.4. The molecule has 0 radical (unpaired) electrons. The Balaban J connectivity index is 1.44. The molecule has 1 saturated heterocycles. The van der Waals surface area contributed by atoms with Gasteiger partial charge in [-0.1, -0.05) is 66.7 Å². The number of hydrogen-bond acceptors (Lipinski definition) is 8. The van der Waals surface area contributed by atoms with E-state index in [2.05, 4.69) is 9.97 Å². The predicted molar refractivity (Wildman–Crippen MR) is 149 cm³/mol. The van der Waals surface area contributed by atoms with Crippen molar-refractivity contribution in [2.75, 3.05) is 0 Å². The largest absolute Gasteiger partial charge is 0.283 e. The monoisotopic (exact) mass is 539 g/mol. The molecular weight excluding hydrogens is 518 g/mol. The molecule has 0 aliphatic carbocycles. The van der Waals surface area contributed by atoms with Crippen LogP contribution in [-0.2, 0) is 17.9 Å². The van der Waals surface area contributed by atoms with Gasteiger partial charge in [-0.05, 0) is 58.4 Å². The maximum atomic E-state index is 13.5. The number of hydrogen-bond donors (Lipinski definition) is 0. The Bertz CT molecular complexity index is 1510. The molecule has 8 nitrogen and oxygen atoms in total. The van der Waals surface area contributed by atoms with Gasteiger partial charge in [0.25, 0.3) is 11.6 Å². The Morgan fingerprint density at radius 1 is 0.947 bits per heavy atom. The molecule has 0 unspecified atom stereocenters. The number of nitro groups is 1. The summed E-state index contributed by atoms with van der Waals surface area (Å²) >= 11 is 2.39. The lowest BCUT2D eigenvalue weighted by Gasteiger charge is -2.15. The van der Waals surface area contributed by atoms with E-state index in [9.17, 15) is 14.9 Å². The summed E-state index contributed by atoms with van der Waals surface area (Å²) in [5.74, 6) is -0.190. The third-order valence-corrected chi connectivity index (χ3v) is 7.54. The first-order valence-electron chi connectivity index (χ1n) is 11.6. The Kier molecular flexibility index (Phi) is 7.91. The van der Waals surface area contributed by atoms with E-state index >= 15 is 0 Å². The summed E-state index contributed by atoms with van der Waals surface area (Å²) in [5.41, 5.74) is 2.49. The predicted octanol–water partition coefficient (Wildman–Crippen LogP) is 6.21. The molecule has 38 heavy (non-hydrogen) atoms. The first-order valence-corrected chi connectivity index (χ1v) is 13.3. The molecule has 3 aromatic carbocycles. The number of rotatable bonds is 8. The number of thioether (sulfide) groups is 1. The van der Waals surface area contributed by atoms with E-state index in [1.54, 1.807) is 41.6 Å². The number of carbonyl (C=O) groups is 1. The van der Waals surface area contributed by atoms with Crippen LogP contribution in [-0.4, -0.2) is 30.9 Å². The summed E-state index contributed by atoms with van der Waals surface area (Å²) in [6.45, 7) is 0.818. The van der Waals surface area contributed by atoms with Gasteiger partial charge in [0.15, 0.2) is 10.3 Å². The van der Waals surface area contributed by atoms with E-state index in [1.807, 2.05) is 60.7 Å². The molecule has 4 aromatic rings. The Labute approximate surface area is 227 Å². The Morgan fingerprint density at radius 3 is 2.32 bits per heavy atom. The zero-order valence-electron chi connectivity index (χ0n) is 20.0. The molecule has 188 valence electrons. The van der Waals surface area contributed by atoms with Gasteiger partial charge in [-0.2, -0.15) is 0 Å². The van der Waals surface area contributed by atoms with Gasteiger partial charge >= 0.3 is 0 Å². The lowest BCUT2D eigenvalue weighted by molar-refractivity contribution is -0.387. The van der Waals surface area contributed by atoms with Crippen LogP contribution < -0.4 is 0 Å². The van der Waals surface area contributed by atoms with Gasteiger partial charge in [-0.25, -0.2) is 9.97 Å². The summed E-state index contributed by atoms with van der Waals surface area (Å²) in [7, 11) is 0. The fourth-order valence-electron chi connectivity index (χ4n) is 3.71. The highest BCUT2D eigenvalue weighted by molar-refractivity contribution is 8.18. The SMILES string of the molecule is O=C1/C(=C\c2ccc(Sc3ncccn3)c([N+](=O)[O-])c2)SC(=NCc2ccccc2)N1Cc1ccccc1. The van der Waals surface area contributed by atoms with Crippen molar-refractivity contribution in [3.8, 4) is 0 Å². The minimum atomic E-state index is -0.439. The van der Waals surface area contributed by atoms with Gasteiger partial charge in [-0.15, -0.1) is 0 Å². The van der Waals surface area contributed by atoms with Crippen molar-refractivity contribution in [2.24, 2.45) is 4.99 Å². The molecule has 0 atom stereocenters. The minimum absolute atomic E-state index is 0.0774. The Hall–Kier alpha value is -4.28. The zero-order chi connectivity index (χ0) is 26.3. The van der Waals surface area contributed by atoms with Gasteiger partial charge in [0.05, 0.1) is 27.8 Å². The van der Waals surface area contributed by atoms with Gasteiger partial charge in [-0.3, -0.25) is 24.8 Å². The molecule has 1 amide bonds. The fourth-order valence-corrected chi connectivity index (χ4v) is 5.49. The first kappa shape index (κ1) is 25.4. The lowest BCUT2D eigenvalue weighted by Crippen LogP contribution is -2.28. The van der Waals surface area contributed by atoms with Crippen molar-refractivity contribution in [2.45, 2.75) is 23.1 Å². The number of nitrogens with zero attached hydrogens (tertiary/aromatic N) is 5. The van der Waals surface area contributed by atoms with Gasteiger partial charge in [0.1, 0.15) is 0 Å². The van der Waals surface area contributed by atoms with Crippen molar-refractivity contribution in [3.05, 3.63) is 129 Å². The maximum absolute atomic E-state index is 13.5. The number of amides is 1. The molecule has 1 fully saturated rings. The number of benzene rings is 3. The Morgan fingerprint density at radius 2 is 1.63 bits per heavy atom. The van der Waals surface area contributed by atoms with Crippen molar-refractivity contribution < 1.29 is 9.72 Å². The molecule has 2 heterocycles. The number of aliphatic imine (C=N–C) groups is 1. The van der Waals surface area contributed by atoms with E-state index in [0.29, 0.717) is 38.8 Å². The molecule has 1 aromatic heterocycles. The van der Waals surface area contributed by atoms with Crippen LogP contribution in [0.25, 0.3) is 6.08 Å². The fraction of sp³-hybridized carbons (Fsp3) is 0.0714. The van der Waals surface area contributed by atoms with Crippen LogP contribution in [0.5, 0.6) is 0 Å². The van der Waals surface area contributed by atoms with Crippen LogP contribution in [0, 0.1) is 10.1 Å². The molecule has 1 aliphatic heterocycles. The molecule has 1 aliphatic rings. The lowest BCUT2D eigenvalue weighted by atomic mass is 10.1. The van der Waals surface area contributed by atoms with Crippen LogP contribution in [0.3, 0.4) is 0 Å². The smallest absolute Gasteiger partial charge is 0.282 e. The summed E-state index contributed by atoms with van der Waals surface area (Å²) in [6, 6.07) is 26.1. The third-order valence-electron chi connectivity index (χ3n) is 5.53. The molecular formula is C28H21N5O3S2. The molecule has 10 heteroatoms.